The number of allylic oxidation sites excluding steroid dienone is 1. The van der Waals surface area contributed by atoms with E-state index in [-0.39, 0.29) is 24.2 Å². The SMILES string of the molecule is CC(C)/C=C1/CC(=O)N(c2ccccc2)C1=O. The molecule has 17 heavy (non-hydrogen) atoms. The summed E-state index contributed by atoms with van der Waals surface area (Å²) < 4.78 is 0. The number of hydrogen-bond acceptors (Lipinski definition) is 2. The maximum Gasteiger partial charge on any atom is 0.261 e. The Balaban J connectivity index is 2.33. The van der Waals surface area contributed by atoms with Crippen LogP contribution in [0.25, 0.3) is 0 Å². The van der Waals surface area contributed by atoms with E-state index in [1.165, 1.54) is 4.90 Å². The first kappa shape index (κ1) is 11.6. The fourth-order valence-corrected chi connectivity index (χ4v) is 1.95. The highest BCUT2D eigenvalue weighted by Gasteiger charge is 2.34. The van der Waals surface area contributed by atoms with E-state index in [9.17, 15) is 9.59 Å². The van der Waals surface area contributed by atoms with Crippen molar-refractivity contribution in [3.05, 3.63) is 42.0 Å². The molecule has 0 saturated carbocycles. The molecule has 0 atom stereocenters. The van der Waals surface area contributed by atoms with Gasteiger partial charge in [-0.25, -0.2) is 4.90 Å². The van der Waals surface area contributed by atoms with Gasteiger partial charge in [-0.3, -0.25) is 9.59 Å². The van der Waals surface area contributed by atoms with Gasteiger partial charge >= 0.3 is 0 Å². The number of para-hydroxylation sites is 1. The minimum atomic E-state index is -0.185. The molecule has 0 aromatic heterocycles. The highest BCUT2D eigenvalue weighted by atomic mass is 16.2. The van der Waals surface area contributed by atoms with Gasteiger partial charge in [0, 0.05) is 5.57 Å². The van der Waals surface area contributed by atoms with Crippen LogP contribution in [0.15, 0.2) is 42.0 Å². The highest BCUT2D eigenvalue weighted by molar-refractivity contribution is 6.28. The second-order valence-electron chi connectivity index (χ2n) is 4.48. The third-order valence-corrected chi connectivity index (χ3v) is 2.62. The summed E-state index contributed by atoms with van der Waals surface area (Å²) >= 11 is 0. The van der Waals surface area contributed by atoms with Gasteiger partial charge in [0.2, 0.25) is 5.91 Å². The van der Waals surface area contributed by atoms with E-state index in [0.29, 0.717) is 11.3 Å². The average Bonchev–Trinajstić information content (AvgIpc) is 2.54. The van der Waals surface area contributed by atoms with Crippen molar-refractivity contribution in [1.29, 1.82) is 0 Å². The lowest BCUT2D eigenvalue weighted by atomic mass is 10.1. The molecule has 1 aliphatic rings. The van der Waals surface area contributed by atoms with Crippen LogP contribution in [0.1, 0.15) is 20.3 Å². The monoisotopic (exact) mass is 229 g/mol. The van der Waals surface area contributed by atoms with E-state index < -0.39 is 0 Å². The van der Waals surface area contributed by atoms with Crippen LogP contribution in [-0.2, 0) is 9.59 Å². The summed E-state index contributed by atoms with van der Waals surface area (Å²) in [5.74, 6) is -0.0551. The molecular formula is C14H15NO2. The predicted molar refractivity (Wildman–Crippen MR) is 66.5 cm³/mol. The normalized spacial score (nSPS) is 18.5. The van der Waals surface area contributed by atoms with Crippen LogP contribution in [0.2, 0.25) is 0 Å². The zero-order chi connectivity index (χ0) is 12.4. The lowest BCUT2D eigenvalue weighted by Crippen LogP contribution is -2.28. The zero-order valence-electron chi connectivity index (χ0n) is 10.0. The number of imide groups is 1. The van der Waals surface area contributed by atoms with Crippen LogP contribution in [0, 0.1) is 5.92 Å². The molecule has 1 fully saturated rings. The van der Waals surface area contributed by atoms with Crippen LogP contribution < -0.4 is 4.90 Å². The number of hydrogen-bond donors (Lipinski definition) is 0. The molecule has 0 spiro atoms. The standard InChI is InChI=1S/C14H15NO2/c1-10(2)8-11-9-13(16)15(14(11)17)12-6-4-3-5-7-12/h3-8,10H,9H2,1-2H3/b11-8-. The quantitative estimate of drug-likeness (QED) is 0.577. The topological polar surface area (TPSA) is 37.4 Å². The van der Waals surface area contributed by atoms with Gasteiger partial charge in [-0.2, -0.15) is 0 Å². The molecule has 0 radical (unpaired) electrons. The summed E-state index contributed by atoms with van der Waals surface area (Å²) in [6.07, 6.45) is 2.08. The molecular weight excluding hydrogens is 214 g/mol. The minimum absolute atomic E-state index is 0.145. The zero-order valence-corrected chi connectivity index (χ0v) is 10.0. The van der Waals surface area contributed by atoms with Crippen molar-refractivity contribution in [1.82, 2.24) is 0 Å². The van der Waals surface area contributed by atoms with Gasteiger partial charge in [-0.05, 0) is 18.1 Å². The smallest absolute Gasteiger partial charge is 0.261 e. The van der Waals surface area contributed by atoms with Crippen LogP contribution in [0.3, 0.4) is 0 Å². The molecule has 1 heterocycles. The summed E-state index contributed by atoms with van der Waals surface area (Å²) in [6, 6.07) is 9.04. The fourth-order valence-electron chi connectivity index (χ4n) is 1.95. The van der Waals surface area contributed by atoms with Crippen molar-refractivity contribution in [2.45, 2.75) is 20.3 Å². The molecule has 0 aliphatic carbocycles. The summed E-state index contributed by atoms with van der Waals surface area (Å²) in [5.41, 5.74) is 1.25. The summed E-state index contributed by atoms with van der Waals surface area (Å²) in [5, 5.41) is 0. The van der Waals surface area contributed by atoms with E-state index in [2.05, 4.69) is 0 Å². The molecule has 0 N–H and O–H groups in total. The number of nitrogens with zero attached hydrogens (tertiary/aromatic N) is 1. The van der Waals surface area contributed by atoms with Gasteiger partial charge in [-0.15, -0.1) is 0 Å². The van der Waals surface area contributed by atoms with Crippen LogP contribution >= 0.6 is 0 Å². The summed E-state index contributed by atoms with van der Waals surface area (Å²) in [4.78, 5) is 25.2. The van der Waals surface area contributed by atoms with Gasteiger partial charge in [-0.1, -0.05) is 38.1 Å². The van der Waals surface area contributed by atoms with Crippen molar-refractivity contribution >= 4 is 17.5 Å². The van der Waals surface area contributed by atoms with Crippen molar-refractivity contribution < 1.29 is 9.59 Å². The molecule has 3 nitrogen and oxygen atoms in total. The number of carbonyl (C=O) groups is 2. The van der Waals surface area contributed by atoms with Crippen LogP contribution in [0.4, 0.5) is 5.69 Å². The van der Waals surface area contributed by atoms with Gasteiger partial charge in [0.05, 0.1) is 12.1 Å². The van der Waals surface area contributed by atoms with Gasteiger partial charge in [0.15, 0.2) is 0 Å². The van der Waals surface area contributed by atoms with Gasteiger partial charge in [0.1, 0.15) is 0 Å². The predicted octanol–water partition coefficient (Wildman–Crippen LogP) is 2.53. The average molecular weight is 229 g/mol. The second kappa shape index (κ2) is 4.53. The molecule has 1 aromatic carbocycles. The first-order valence-electron chi connectivity index (χ1n) is 5.72. The maximum absolute atomic E-state index is 12.1. The van der Waals surface area contributed by atoms with Crippen molar-refractivity contribution in [3.8, 4) is 0 Å². The van der Waals surface area contributed by atoms with E-state index in [1.54, 1.807) is 12.1 Å². The number of carbonyl (C=O) groups excluding carboxylic acids is 2. The molecule has 88 valence electrons. The molecule has 1 aliphatic heterocycles. The first-order valence-corrected chi connectivity index (χ1v) is 5.72. The molecule has 2 rings (SSSR count). The third kappa shape index (κ3) is 2.28. The molecule has 0 unspecified atom stereocenters. The lowest BCUT2D eigenvalue weighted by Gasteiger charge is -2.12. The molecule has 1 aromatic rings. The Morgan fingerprint density at radius 2 is 1.82 bits per heavy atom. The van der Waals surface area contributed by atoms with E-state index in [1.807, 2.05) is 38.1 Å². The Morgan fingerprint density at radius 3 is 2.41 bits per heavy atom. The second-order valence-corrected chi connectivity index (χ2v) is 4.48. The Bertz CT molecular complexity index is 474. The Morgan fingerprint density at radius 1 is 1.18 bits per heavy atom. The molecule has 1 saturated heterocycles. The van der Waals surface area contributed by atoms with E-state index in [4.69, 9.17) is 0 Å². The van der Waals surface area contributed by atoms with Crippen molar-refractivity contribution in [2.75, 3.05) is 4.90 Å². The van der Waals surface area contributed by atoms with Crippen LogP contribution in [-0.4, -0.2) is 11.8 Å². The van der Waals surface area contributed by atoms with Crippen molar-refractivity contribution in [3.63, 3.8) is 0 Å². The van der Waals surface area contributed by atoms with E-state index in [0.717, 1.165) is 0 Å². The minimum Gasteiger partial charge on any atom is -0.274 e. The van der Waals surface area contributed by atoms with Gasteiger partial charge < -0.3 is 0 Å². The summed E-state index contributed by atoms with van der Waals surface area (Å²) in [6.45, 7) is 3.99. The Labute approximate surface area is 101 Å². The number of amides is 2. The fraction of sp³-hybridized carbons (Fsp3) is 0.286. The molecule has 3 heteroatoms. The lowest BCUT2D eigenvalue weighted by molar-refractivity contribution is -0.120. The molecule has 0 bridgehead atoms. The number of anilines is 1. The maximum atomic E-state index is 12.1. The third-order valence-electron chi connectivity index (χ3n) is 2.62. The van der Waals surface area contributed by atoms with Crippen LogP contribution in [0.5, 0.6) is 0 Å². The summed E-state index contributed by atoms with van der Waals surface area (Å²) in [7, 11) is 0. The largest absolute Gasteiger partial charge is 0.274 e. The number of rotatable bonds is 2. The van der Waals surface area contributed by atoms with E-state index >= 15 is 0 Å². The van der Waals surface area contributed by atoms with Gasteiger partial charge in [0.25, 0.3) is 5.91 Å². The molecule has 2 amide bonds. The highest BCUT2D eigenvalue weighted by Crippen LogP contribution is 2.26. The Kier molecular flexibility index (Phi) is 3.09. The van der Waals surface area contributed by atoms with Crippen molar-refractivity contribution in [2.24, 2.45) is 5.92 Å². The number of benzene rings is 1. The Hall–Kier alpha value is -1.90. The first-order chi connectivity index (χ1) is 8.09.